The number of alkyl halides is 2. The van der Waals surface area contributed by atoms with Crippen LogP contribution >= 0.6 is 0 Å². The summed E-state index contributed by atoms with van der Waals surface area (Å²) >= 11 is 0. The average molecular weight is 246 g/mol. The molecule has 3 nitrogen and oxygen atoms in total. The van der Waals surface area contributed by atoms with Gasteiger partial charge in [-0.25, -0.2) is 8.78 Å². The molecule has 1 atom stereocenters. The van der Waals surface area contributed by atoms with E-state index in [1.165, 1.54) is 4.68 Å². The van der Waals surface area contributed by atoms with Gasteiger partial charge in [0.2, 0.25) is 0 Å². The fraction of sp³-hybridized carbons (Fsp3) is 0.750. The second kappa shape index (κ2) is 6.10. The van der Waals surface area contributed by atoms with Crippen molar-refractivity contribution >= 4 is 0 Å². The molecule has 1 aromatic rings. The zero-order chi connectivity index (χ0) is 13.0. The molecule has 1 heterocycles. The first-order chi connectivity index (χ1) is 8.04. The van der Waals surface area contributed by atoms with E-state index in [0.29, 0.717) is 19.3 Å². The predicted molar refractivity (Wildman–Crippen MR) is 62.2 cm³/mol. The minimum absolute atomic E-state index is 0.396. The van der Waals surface area contributed by atoms with E-state index in [1.807, 2.05) is 20.8 Å². The molecule has 0 radical (unpaired) electrons. The summed E-state index contributed by atoms with van der Waals surface area (Å²) in [4.78, 5) is 0. The number of aliphatic hydroxyl groups excluding tert-OH is 1. The Kier molecular flexibility index (Phi) is 5.05. The van der Waals surface area contributed by atoms with Crippen LogP contribution in [-0.2, 0) is 19.4 Å². The highest BCUT2D eigenvalue weighted by atomic mass is 19.3. The SMILES string of the molecule is CCc1nn(CC(F)F)c(CC)c1C(O)CC. The highest BCUT2D eigenvalue weighted by Gasteiger charge is 2.22. The highest BCUT2D eigenvalue weighted by molar-refractivity contribution is 5.29. The number of halogens is 2. The molecule has 5 heteroatoms. The van der Waals surface area contributed by atoms with Crippen molar-refractivity contribution in [3.8, 4) is 0 Å². The summed E-state index contributed by atoms with van der Waals surface area (Å²) in [6, 6.07) is 0. The van der Waals surface area contributed by atoms with Gasteiger partial charge in [0.25, 0.3) is 6.43 Å². The van der Waals surface area contributed by atoms with Crippen LogP contribution in [0.15, 0.2) is 0 Å². The monoisotopic (exact) mass is 246 g/mol. The van der Waals surface area contributed by atoms with Gasteiger partial charge in [-0.2, -0.15) is 5.10 Å². The fourth-order valence-corrected chi connectivity index (χ4v) is 2.07. The third-order valence-corrected chi connectivity index (χ3v) is 2.88. The summed E-state index contributed by atoms with van der Waals surface area (Å²) in [6.07, 6.45) is -1.20. The Balaban J connectivity index is 3.20. The molecule has 0 spiro atoms. The zero-order valence-corrected chi connectivity index (χ0v) is 10.6. The second-order valence-corrected chi connectivity index (χ2v) is 4.01. The summed E-state index contributed by atoms with van der Waals surface area (Å²) in [7, 11) is 0. The predicted octanol–water partition coefficient (Wildman–Crippen LogP) is 2.72. The van der Waals surface area contributed by atoms with E-state index in [4.69, 9.17) is 0 Å². The Morgan fingerprint density at radius 1 is 1.24 bits per heavy atom. The molecule has 17 heavy (non-hydrogen) atoms. The minimum Gasteiger partial charge on any atom is -0.388 e. The molecule has 0 aliphatic rings. The number of aryl methyl sites for hydroxylation is 1. The van der Waals surface area contributed by atoms with Gasteiger partial charge in [0.1, 0.15) is 6.54 Å². The number of hydrogen-bond donors (Lipinski definition) is 1. The van der Waals surface area contributed by atoms with Crippen molar-refractivity contribution in [3.63, 3.8) is 0 Å². The van der Waals surface area contributed by atoms with E-state index < -0.39 is 19.1 Å². The lowest BCUT2D eigenvalue weighted by atomic mass is 10.0. The van der Waals surface area contributed by atoms with Gasteiger partial charge in [-0.05, 0) is 19.3 Å². The average Bonchev–Trinajstić information content (AvgIpc) is 2.64. The molecule has 1 aromatic heterocycles. The van der Waals surface area contributed by atoms with Gasteiger partial charge in [0.15, 0.2) is 0 Å². The molecule has 0 saturated heterocycles. The maximum atomic E-state index is 12.4. The summed E-state index contributed by atoms with van der Waals surface area (Å²) in [6.45, 7) is 5.28. The van der Waals surface area contributed by atoms with E-state index in [9.17, 15) is 13.9 Å². The summed E-state index contributed by atoms with van der Waals surface area (Å²) in [5.74, 6) is 0. The van der Waals surface area contributed by atoms with Crippen LogP contribution in [0.1, 0.15) is 50.2 Å². The highest BCUT2D eigenvalue weighted by Crippen LogP contribution is 2.26. The Hall–Kier alpha value is -0.970. The molecule has 0 aliphatic carbocycles. The number of rotatable bonds is 6. The number of aromatic nitrogens is 2. The van der Waals surface area contributed by atoms with Crippen LogP contribution < -0.4 is 0 Å². The molecule has 1 unspecified atom stereocenters. The van der Waals surface area contributed by atoms with E-state index in [2.05, 4.69) is 5.10 Å². The van der Waals surface area contributed by atoms with Crippen LogP contribution in [0.5, 0.6) is 0 Å². The second-order valence-electron chi connectivity index (χ2n) is 4.01. The van der Waals surface area contributed by atoms with E-state index in [1.54, 1.807) is 0 Å². The van der Waals surface area contributed by atoms with E-state index >= 15 is 0 Å². The maximum Gasteiger partial charge on any atom is 0.257 e. The van der Waals surface area contributed by atoms with E-state index in [0.717, 1.165) is 17.0 Å². The first kappa shape index (κ1) is 14.1. The van der Waals surface area contributed by atoms with E-state index in [-0.39, 0.29) is 0 Å². The van der Waals surface area contributed by atoms with Gasteiger partial charge < -0.3 is 5.11 Å². The molecule has 1 N–H and O–H groups in total. The molecule has 0 bridgehead atoms. The zero-order valence-electron chi connectivity index (χ0n) is 10.6. The first-order valence-corrected chi connectivity index (χ1v) is 6.09. The third kappa shape index (κ3) is 3.03. The molecule has 0 fully saturated rings. The molecule has 0 aromatic carbocycles. The Labute approximate surface area is 100 Å². The van der Waals surface area contributed by atoms with Gasteiger partial charge in [0, 0.05) is 11.3 Å². The summed E-state index contributed by atoms with van der Waals surface area (Å²) in [5.41, 5.74) is 2.21. The maximum absolute atomic E-state index is 12.4. The van der Waals surface area contributed by atoms with Crippen LogP contribution in [0.4, 0.5) is 8.78 Å². The Morgan fingerprint density at radius 2 is 1.88 bits per heavy atom. The molecule has 0 aliphatic heterocycles. The lowest BCUT2D eigenvalue weighted by molar-refractivity contribution is 0.120. The topological polar surface area (TPSA) is 38.0 Å². The van der Waals surface area contributed by atoms with Crippen molar-refractivity contribution in [2.45, 2.75) is 59.1 Å². The van der Waals surface area contributed by atoms with Crippen LogP contribution in [0.2, 0.25) is 0 Å². The van der Waals surface area contributed by atoms with Gasteiger partial charge >= 0.3 is 0 Å². The quantitative estimate of drug-likeness (QED) is 0.838. The fourth-order valence-electron chi connectivity index (χ4n) is 2.07. The standard InChI is InChI=1S/C12H20F2N2O/c1-4-8-12(10(17)6-3)9(5-2)16(15-8)7-11(13)14/h10-11,17H,4-7H2,1-3H3. The van der Waals surface area contributed by atoms with Crippen molar-refractivity contribution in [1.82, 2.24) is 9.78 Å². The number of nitrogens with zero attached hydrogens (tertiary/aromatic N) is 2. The smallest absolute Gasteiger partial charge is 0.257 e. The van der Waals surface area contributed by atoms with Gasteiger partial charge in [-0.3, -0.25) is 4.68 Å². The van der Waals surface area contributed by atoms with Crippen LogP contribution in [0.25, 0.3) is 0 Å². The van der Waals surface area contributed by atoms with Crippen molar-refractivity contribution in [2.75, 3.05) is 0 Å². The van der Waals surface area contributed by atoms with Crippen LogP contribution in [0, 0.1) is 0 Å². The molecular formula is C12H20F2N2O. The van der Waals surface area contributed by atoms with Crippen molar-refractivity contribution in [2.24, 2.45) is 0 Å². The summed E-state index contributed by atoms with van der Waals surface area (Å²) < 4.78 is 26.2. The lowest BCUT2D eigenvalue weighted by Gasteiger charge is -2.11. The number of aliphatic hydroxyl groups is 1. The first-order valence-electron chi connectivity index (χ1n) is 6.09. The van der Waals surface area contributed by atoms with Crippen LogP contribution in [-0.4, -0.2) is 21.3 Å². The van der Waals surface area contributed by atoms with Crippen molar-refractivity contribution in [1.29, 1.82) is 0 Å². The van der Waals surface area contributed by atoms with Gasteiger partial charge in [-0.15, -0.1) is 0 Å². The normalized spacial score (nSPS) is 13.4. The lowest BCUT2D eigenvalue weighted by Crippen LogP contribution is -2.12. The van der Waals surface area contributed by atoms with Gasteiger partial charge in [0.05, 0.1) is 11.8 Å². The largest absolute Gasteiger partial charge is 0.388 e. The molecule has 0 saturated carbocycles. The van der Waals surface area contributed by atoms with Gasteiger partial charge in [-0.1, -0.05) is 20.8 Å². The van der Waals surface area contributed by atoms with Crippen molar-refractivity contribution < 1.29 is 13.9 Å². The molecule has 0 amide bonds. The molecule has 1 rings (SSSR count). The summed E-state index contributed by atoms with van der Waals surface area (Å²) in [5, 5.41) is 14.1. The Morgan fingerprint density at radius 3 is 2.29 bits per heavy atom. The third-order valence-electron chi connectivity index (χ3n) is 2.88. The van der Waals surface area contributed by atoms with Crippen LogP contribution in [0.3, 0.4) is 0 Å². The Bertz CT molecular complexity index is 364. The minimum atomic E-state index is -2.42. The molecular weight excluding hydrogens is 226 g/mol. The van der Waals surface area contributed by atoms with Crippen molar-refractivity contribution in [3.05, 3.63) is 17.0 Å². The number of hydrogen-bond acceptors (Lipinski definition) is 2. The molecule has 98 valence electrons.